The van der Waals surface area contributed by atoms with Crippen molar-refractivity contribution in [1.29, 1.82) is 0 Å². The highest BCUT2D eigenvalue weighted by Gasteiger charge is 2.72. The molecule has 4 unspecified atom stereocenters. The highest BCUT2D eigenvalue weighted by molar-refractivity contribution is 6.24. The van der Waals surface area contributed by atoms with Crippen LogP contribution in [0.25, 0.3) is 16.9 Å². The van der Waals surface area contributed by atoms with Crippen LogP contribution in [0.5, 0.6) is 5.75 Å². The van der Waals surface area contributed by atoms with Gasteiger partial charge in [0.05, 0.1) is 5.56 Å². The summed E-state index contributed by atoms with van der Waals surface area (Å²) in [5.74, 6) is -5.32. The first-order valence-electron chi connectivity index (χ1n) is 15.2. The maximum absolute atomic E-state index is 14.4. The maximum atomic E-state index is 14.4. The molecule has 1 fully saturated rings. The fraction of sp³-hybridized carbons (Fsp3) is 0.444. The van der Waals surface area contributed by atoms with Crippen molar-refractivity contribution in [3.05, 3.63) is 70.0 Å². The van der Waals surface area contributed by atoms with Gasteiger partial charge in [0.15, 0.2) is 17.2 Å². The Morgan fingerprint density at radius 2 is 1.64 bits per heavy atom. The van der Waals surface area contributed by atoms with Gasteiger partial charge in [0, 0.05) is 35.2 Å². The van der Waals surface area contributed by atoms with Crippen LogP contribution in [-0.4, -0.2) is 49.2 Å². The van der Waals surface area contributed by atoms with E-state index in [1.165, 1.54) is 6.07 Å². The lowest BCUT2D eigenvalue weighted by atomic mass is 9.43. The molecule has 1 saturated carbocycles. The molecule has 0 amide bonds. The van der Waals surface area contributed by atoms with E-state index in [4.69, 9.17) is 0 Å². The lowest BCUT2D eigenvalue weighted by Crippen LogP contribution is -2.69. The quantitative estimate of drug-likeness (QED) is 0.293. The SMILES string of the molecule is CCCC(=O)Cc1ccc(-c2ccc(O)c3c2CC2(C)CC4(C)C(C(C)C)C(=O)C(C(C)=O)=C(O)C4(O)C(=O)C2=C3O)cc1. The van der Waals surface area contributed by atoms with Gasteiger partial charge >= 0.3 is 0 Å². The van der Waals surface area contributed by atoms with Gasteiger partial charge in [0.2, 0.25) is 5.78 Å². The minimum Gasteiger partial charge on any atom is -0.508 e. The maximum Gasteiger partial charge on any atom is 0.203 e. The number of Topliss-reactive ketones (excluding diaryl/α,β-unsaturated/α-hetero) is 4. The summed E-state index contributed by atoms with van der Waals surface area (Å²) in [7, 11) is 0. The lowest BCUT2D eigenvalue weighted by Gasteiger charge is -2.59. The fourth-order valence-corrected chi connectivity index (χ4v) is 8.39. The standard InChI is InChI=1S/C36H40O8/c1-7-8-22(38)15-20-9-11-21(12-10-20)23-13-14-25(39)27-24(23)16-34(5)17-35(6)28(18(2)3)30(40)26(19(4)37)32(42)36(35,44)33(43)29(34)31(27)41/h9-14,18,28,39,41-42,44H,7-8,15-17H2,1-6H3. The summed E-state index contributed by atoms with van der Waals surface area (Å²) in [5.41, 5.74) is -2.98. The van der Waals surface area contributed by atoms with Gasteiger partial charge in [-0.15, -0.1) is 0 Å². The van der Waals surface area contributed by atoms with E-state index in [0.29, 0.717) is 18.4 Å². The molecule has 44 heavy (non-hydrogen) atoms. The van der Waals surface area contributed by atoms with Gasteiger partial charge in [-0.3, -0.25) is 19.2 Å². The number of rotatable bonds is 7. The molecule has 0 saturated heterocycles. The van der Waals surface area contributed by atoms with Crippen LogP contribution in [0.3, 0.4) is 0 Å². The van der Waals surface area contributed by atoms with Crippen LogP contribution in [0.2, 0.25) is 0 Å². The molecule has 5 rings (SSSR count). The number of phenols is 1. The second-order valence-corrected chi connectivity index (χ2v) is 13.6. The number of aromatic hydroxyl groups is 1. The molecule has 232 valence electrons. The lowest BCUT2D eigenvalue weighted by molar-refractivity contribution is -0.178. The minimum atomic E-state index is -2.64. The third-order valence-electron chi connectivity index (χ3n) is 10.1. The number of carbonyl (C=O) groups is 4. The number of carbonyl (C=O) groups excluding carboxylic acids is 4. The Hall–Kier alpha value is -4.04. The van der Waals surface area contributed by atoms with Crippen molar-refractivity contribution in [3.63, 3.8) is 0 Å². The number of aliphatic hydroxyl groups is 3. The van der Waals surface area contributed by atoms with Gasteiger partial charge < -0.3 is 20.4 Å². The molecule has 3 aliphatic rings. The predicted molar refractivity (Wildman–Crippen MR) is 165 cm³/mol. The number of aliphatic hydroxyl groups excluding tert-OH is 2. The normalized spacial score (nSPS) is 28.1. The highest BCUT2D eigenvalue weighted by atomic mass is 16.3. The van der Waals surface area contributed by atoms with Crippen molar-refractivity contribution < 1.29 is 39.6 Å². The van der Waals surface area contributed by atoms with Crippen molar-refractivity contribution in [2.45, 2.75) is 79.2 Å². The van der Waals surface area contributed by atoms with E-state index < -0.39 is 62.7 Å². The molecule has 3 aliphatic carbocycles. The Labute approximate surface area is 257 Å². The van der Waals surface area contributed by atoms with Crippen molar-refractivity contribution in [2.75, 3.05) is 0 Å². The van der Waals surface area contributed by atoms with Gasteiger partial charge in [0.1, 0.15) is 28.6 Å². The highest BCUT2D eigenvalue weighted by Crippen LogP contribution is 2.65. The number of phenolic OH excluding ortho intramolecular Hbond substituents is 1. The summed E-state index contributed by atoms with van der Waals surface area (Å²) in [4.78, 5) is 52.8. The largest absolute Gasteiger partial charge is 0.508 e. The molecule has 2 aromatic rings. The Morgan fingerprint density at radius 1 is 1.00 bits per heavy atom. The number of fused-ring (bicyclic) bond motifs is 3. The summed E-state index contributed by atoms with van der Waals surface area (Å²) in [5, 5.41) is 46.2. The molecule has 0 heterocycles. The molecule has 0 aromatic heterocycles. The van der Waals surface area contributed by atoms with Crippen LogP contribution in [0.1, 0.15) is 77.5 Å². The van der Waals surface area contributed by atoms with Crippen molar-refractivity contribution in [1.82, 2.24) is 0 Å². The summed E-state index contributed by atoms with van der Waals surface area (Å²) >= 11 is 0. The molecule has 0 spiro atoms. The van der Waals surface area contributed by atoms with Crippen LogP contribution < -0.4 is 0 Å². The van der Waals surface area contributed by atoms with Gasteiger partial charge in [-0.2, -0.15) is 0 Å². The molecular formula is C36H40O8. The second kappa shape index (κ2) is 10.5. The van der Waals surface area contributed by atoms with Crippen LogP contribution in [0.15, 0.2) is 53.3 Å². The van der Waals surface area contributed by atoms with Crippen LogP contribution in [-0.2, 0) is 32.0 Å². The van der Waals surface area contributed by atoms with Gasteiger partial charge in [-0.1, -0.05) is 65.0 Å². The Kier molecular flexibility index (Phi) is 7.52. The number of ketones is 4. The summed E-state index contributed by atoms with van der Waals surface area (Å²) < 4.78 is 0. The van der Waals surface area contributed by atoms with Gasteiger partial charge in [-0.05, 0) is 60.4 Å². The first-order valence-corrected chi connectivity index (χ1v) is 15.2. The summed E-state index contributed by atoms with van der Waals surface area (Å²) in [6.07, 6.45) is 1.84. The molecule has 2 aromatic carbocycles. The van der Waals surface area contributed by atoms with Gasteiger partial charge in [0.25, 0.3) is 0 Å². The molecule has 0 radical (unpaired) electrons. The smallest absolute Gasteiger partial charge is 0.203 e. The summed E-state index contributed by atoms with van der Waals surface area (Å²) in [6.45, 7) is 9.99. The molecule has 4 N–H and O–H groups in total. The molecular weight excluding hydrogens is 560 g/mol. The van der Waals surface area contributed by atoms with Crippen molar-refractivity contribution in [2.24, 2.45) is 22.7 Å². The number of hydrogen-bond donors (Lipinski definition) is 4. The topological polar surface area (TPSA) is 149 Å². The van der Waals surface area contributed by atoms with E-state index in [0.717, 1.165) is 30.0 Å². The third kappa shape index (κ3) is 4.29. The van der Waals surface area contributed by atoms with Crippen LogP contribution >= 0.6 is 0 Å². The summed E-state index contributed by atoms with van der Waals surface area (Å²) in [6, 6.07) is 10.7. The molecule has 0 aliphatic heterocycles. The van der Waals surface area contributed by atoms with Gasteiger partial charge in [-0.25, -0.2) is 0 Å². The number of hydrogen-bond acceptors (Lipinski definition) is 8. The molecule has 4 atom stereocenters. The van der Waals surface area contributed by atoms with E-state index in [1.807, 2.05) is 31.2 Å². The number of benzene rings is 2. The van der Waals surface area contributed by atoms with Crippen LogP contribution in [0, 0.1) is 22.7 Å². The third-order valence-corrected chi connectivity index (χ3v) is 10.1. The zero-order valence-electron chi connectivity index (χ0n) is 26.1. The van der Waals surface area contributed by atoms with E-state index >= 15 is 0 Å². The average molecular weight is 601 g/mol. The monoisotopic (exact) mass is 600 g/mol. The van der Waals surface area contributed by atoms with E-state index in [1.54, 1.807) is 33.8 Å². The number of allylic oxidation sites excluding steroid dienone is 1. The first-order chi connectivity index (χ1) is 20.5. The van der Waals surface area contributed by atoms with E-state index in [2.05, 4.69) is 0 Å². The molecule has 0 bridgehead atoms. The predicted octanol–water partition coefficient (Wildman–Crippen LogP) is 5.77. The van der Waals surface area contributed by atoms with Crippen LogP contribution in [0.4, 0.5) is 0 Å². The Morgan fingerprint density at radius 3 is 2.20 bits per heavy atom. The molecule has 8 heteroatoms. The molecule has 8 nitrogen and oxygen atoms in total. The van der Waals surface area contributed by atoms with E-state index in [-0.39, 0.29) is 35.5 Å². The van der Waals surface area contributed by atoms with Crippen molar-refractivity contribution >= 4 is 28.9 Å². The second-order valence-electron chi connectivity index (χ2n) is 13.6. The minimum absolute atomic E-state index is 0.0263. The average Bonchev–Trinajstić information content (AvgIpc) is 2.91. The fourth-order valence-electron chi connectivity index (χ4n) is 8.39. The van der Waals surface area contributed by atoms with E-state index in [9.17, 15) is 39.6 Å². The Balaban J connectivity index is 1.70. The zero-order valence-corrected chi connectivity index (χ0v) is 26.1. The Bertz CT molecular complexity index is 1680. The van der Waals surface area contributed by atoms with Crippen molar-refractivity contribution in [3.8, 4) is 16.9 Å². The zero-order chi connectivity index (χ0) is 32.5. The first kappa shape index (κ1) is 31.4.